The number of allylic oxidation sites excluding steroid dienone is 2. The monoisotopic (exact) mass is 420 g/mol. The Morgan fingerprint density at radius 1 is 0.968 bits per heavy atom. The van der Waals surface area contributed by atoms with E-state index in [1.807, 2.05) is 54.8 Å². The number of aryl methyl sites for hydroxylation is 1. The van der Waals surface area contributed by atoms with E-state index in [0.29, 0.717) is 43.1 Å². The Morgan fingerprint density at radius 3 is 2.29 bits per heavy atom. The third-order valence-corrected chi connectivity index (χ3v) is 6.42. The average molecular weight is 420 g/mol. The van der Waals surface area contributed by atoms with Gasteiger partial charge in [-0.25, -0.2) is 0 Å². The van der Waals surface area contributed by atoms with Gasteiger partial charge < -0.3 is 14.0 Å². The minimum atomic E-state index is -0.324. The van der Waals surface area contributed by atoms with Gasteiger partial charge in [-0.3, -0.25) is 19.3 Å². The van der Waals surface area contributed by atoms with Crippen LogP contribution < -0.4 is 9.47 Å². The van der Waals surface area contributed by atoms with Crippen molar-refractivity contribution in [3.05, 3.63) is 53.4 Å². The largest absolute Gasteiger partial charge is 0.486 e. The third kappa shape index (κ3) is 3.15. The second kappa shape index (κ2) is 7.41. The van der Waals surface area contributed by atoms with E-state index in [1.54, 1.807) is 0 Å². The van der Waals surface area contributed by atoms with Gasteiger partial charge in [0.25, 0.3) is 0 Å². The summed E-state index contributed by atoms with van der Waals surface area (Å²) in [5.74, 6) is 0.0437. The number of benzene rings is 1. The summed E-state index contributed by atoms with van der Waals surface area (Å²) >= 11 is 0. The van der Waals surface area contributed by atoms with Crippen molar-refractivity contribution in [2.75, 3.05) is 19.8 Å². The van der Waals surface area contributed by atoms with Crippen molar-refractivity contribution in [1.82, 2.24) is 9.47 Å². The first kappa shape index (κ1) is 19.6. The smallest absolute Gasteiger partial charge is 0.233 e. The van der Waals surface area contributed by atoms with Gasteiger partial charge in [0.2, 0.25) is 11.8 Å². The van der Waals surface area contributed by atoms with E-state index in [0.717, 1.165) is 22.0 Å². The number of Topliss-reactive ketones (excluding diaryl/α,β-unsaturated/α-hetero) is 1. The number of ketones is 1. The maximum atomic E-state index is 13.1. The second-order valence-electron chi connectivity index (χ2n) is 8.29. The van der Waals surface area contributed by atoms with Crippen LogP contribution in [0, 0.1) is 25.7 Å². The number of amides is 2. The Morgan fingerprint density at radius 2 is 1.61 bits per heavy atom. The number of imide groups is 1. The molecule has 31 heavy (non-hydrogen) atoms. The zero-order chi connectivity index (χ0) is 21.7. The van der Waals surface area contributed by atoms with Gasteiger partial charge in [-0.15, -0.1) is 0 Å². The van der Waals surface area contributed by atoms with Gasteiger partial charge in [-0.1, -0.05) is 12.2 Å². The molecule has 3 heterocycles. The van der Waals surface area contributed by atoms with Crippen LogP contribution in [0.1, 0.15) is 34.6 Å². The van der Waals surface area contributed by atoms with E-state index in [1.165, 1.54) is 0 Å². The molecule has 0 spiro atoms. The molecule has 160 valence electrons. The molecule has 1 aromatic carbocycles. The summed E-state index contributed by atoms with van der Waals surface area (Å²) in [5, 5.41) is 0. The summed E-state index contributed by atoms with van der Waals surface area (Å²) < 4.78 is 13.3. The van der Waals surface area contributed by atoms with E-state index in [9.17, 15) is 14.4 Å². The highest BCUT2D eigenvalue weighted by atomic mass is 16.6. The lowest BCUT2D eigenvalue weighted by atomic mass is 9.85. The van der Waals surface area contributed by atoms with Crippen molar-refractivity contribution in [2.24, 2.45) is 11.8 Å². The zero-order valence-electron chi connectivity index (χ0n) is 17.6. The number of ether oxygens (including phenoxy) is 2. The lowest BCUT2D eigenvalue weighted by molar-refractivity contribution is -0.139. The van der Waals surface area contributed by atoms with E-state index in [-0.39, 0.29) is 36.0 Å². The fourth-order valence-corrected chi connectivity index (χ4v) is 4.87. The molecule has 3 aliphatic rings. The van der Waals surface area contributed by atoms with E-state index >= 15 is 0 Å². The highest BCUT2D eigenvalue weighted by Gasteiger charge is 2.47. The summed E-state index contributed by atoms with van der Waals surface area (Å²) in [6.45, 7) is 4.61. The quantitative estimate of drug-likeness (QED) is 0.432. The highest BCUT2D eigenvalue weighted by molar-refractivity contribution is 6.10. The molecule has 0 radical (unpaired) electrons. The lowest BCUT2D eigenvalue weighted by Gasteiger charge is -2.20. The van der Waals surface area contributed by atoms with Crippen LogP contribution in [0.2, 0.25) is 0 Å². The molecule has 2 aromatic rings. The topological polar surface area (TPSA) is 77.8 Å². The molecule has 0 unspecified atom stereocenters. The Bertz CT molecular complexity index is 1100. The van der Waals surface area contributed by atoms with Gasteiger partial charge in [-0.05, 0) is 44.9 Å². The lowest BCUT2D eigenvalue weighted by Crippen LogP contribution is -2.36. The molecule has 7 heteroatoms. The highest BCUT2D eigenvalue weighted by Crippen LogP contribution is 2.36. The third-order valence-electron chi connectivity index (χ3n) is 6.42. The SMILES string of the molecule is Cc1cc(C(=O)CN2C(=O)[C@H]3CC=CC[C@@H]3C2=O)c(C)n1-c1ccc2c(c1)OCCO2. The molecular weight excluding hydrogens is 396 g/mol. The Labute approximate surface area is 180 Å². The predicted molar refractivity (Wildman–Crippen MR) is 113 cm³/mol. The predicted octanol–water partition coefficient (Wildman–Crippen LogP) is 3.00. The van der Waals surface area contributed by atoms with Crippen LogP contribution in [0.5, 0.6) is 11.5 Å². The fraction of sp³-hybridized carbons (Fsp3) is 0.375. The standard InChI is InChI=1S/C24H24N2O5/c1-14-11-19(15(2)26(14)16-7-8-21-22(12-16)31-10-9-30-21)20(27)13-25-23(28)17-5-3-4-6-18(17)24(25)29/h3-4,7-8,11-12,17-18H,5-6,9-10,13H2,1-2H3/t17-,18-/m0/s1. The van der Waals surface area contributed by atoms with E-state index in [4.69, 9.17) is 9.47 Å². The molecular formula is C24H24N2O5. The van der Waals surface area contributed by atoms with Crippen LogP contribution in [0.25, 0.3) is 5.69 Å². The summed E-state index contributed by atoms with van der Waals surface area (Å²) in [7, 11) is 0. The van der Waals surface area contributed by atoms with Gasteiger partial charge in [0.15, 0.2) is 17.3 Å². The number of hydrogen-bond donors (Lipinski definition) is 0. The second-order valence-corrected chi connectivity index (χ2v) is 8.29. The molecule has 1 saturated heterocycles. The van der Waals surface area contributed by atoms with Crippen LogP contribution in [0.3, 0.4) is 0 Å². The summed E-state index contributed by atoms with van der Waals surface area (Å²) in [5.41, 5.74) is 3.02. The first-order valence-electron chi connectivity index (χ1n) is 10.6. The van der Waals surface area contributed by atoms with E-state index < -0.39 is 0 Å². The molecule has 2 amide bonds. The first-order chi connectivity index (χ1) is 15.0. The maximum absolute atomic E-state index is 13.1. The Balaban J connectivity index is 1.41. The van der Waals surface area contributed by atoms with Gasteiger partial charge >= 0.3 is 0 Å². The van der Waals surface area contributed by atoms with Crippen molar-refractivity contribution in [1.29, 1.82) is 0 Å². The Hall–Kier alpha value is -3.35. The Kier molecular flexibility index (Phi) is 4.68. The number of carbonyl (C=O) groups is 3. The van der Waals surface area contributed by atoms with Crippen molar-refractivity contribution in [2.45, 2.75) is 26.7 Å². The van der Waals surface area contributed by atoms with Crippen molar-refractivity contribution < 1.29 is 23.9 Å². The summed E-state index contributed by atoms with van der Waals surface area (Å²) in [4.78, 5) is 39.7. The molecule has 0 bridgehead atoms. The number of likely N-dealkylation sites (tertiary alicyclic amines) is 1. The van der Waals surface area contributed by atoms with Crippen LogP contribution in [-0.4, -0.2) is 46.8 Å². The first-order valence-corrected chi connectivity index (χ1v) is 10.6. The maximum Gasteiger partial charge on any atom is 0.233 e. The molecule has 1 aromatic heterocycles. The van der Waals surface area contributed by atoms with E-state index in [2.05, 4.69) is 0 Å². The van der Waals surface area contributed by atoms with Crippen LogP contribution in [0.15, 0.2) is 36.4 Å². The minimum absolute atomic E-state index is 0.212. The number of fused-ring (bicyclic) bond motifs is 2. The van der Waals surface area contributed by atoms with Crippen LogP contribution in [-0.2, 0) is 9.59 Å². The summed E-state index contributed by atoms with van der Waals surface area (Å²) in [6.07, 6.45) is 5.02. The summed E-state index contributed by atoms with van der Waals surface area (Å²) in [6, 6.07) is 7.50. The van der Waals surface area contributed by atoms with Crippen LogP contribution >= 0.6 is 0 Å². The van der Waals surface area contributed by atoms with Crippen molar-refractivity contribution >= 4 is 17.6 Å². The number of hydrogen-bond acceptors (Lipinski definition) is 5. The minimum Gasteiger partial charge on any atom is -0.486 e. The van der Waals surface area contributed by atoms with Crippen LogP contribution in [0.4, 0.5) is 0 Å². The van der Waals surface area contributed by atoms with Crippen molar-refractivity contribution in [3.8, 4) is 17.2 Å². The number of rotatable bonds is 4. The number of aromatic nitrogens is 1. The average Bonchev–Trinajstić information content (AvgIpc) is 3.21. The molecule has 1 fully saturated rings. The molecule has 7 nitrogen and oxygen atoms in total. The molecule has 2 atom stereocenters. The molecule has 0 N–H and O–H groups in total. The number of carbonyl (C=O) groups excluding carboxylic acids is 3. The molecule has 5 rings (SSSR count). The van der Waals surface area contributed by atoms with Gasteiger partial charge in [-0.2, -0.15) is 0 Å². The normalized spacial score (nSPS) is 22.1. The zero-order valence-corrected chi connectivity index (χ0v) is 17.6. The van der Waals surface area contributed by atoms with Crippen molar-refractivity contribution in [3.63, 3.8) is 0 Å². The van der Waals surface area contributed by atoms with Gasteiger partial charge in [0.1, 0.15) is 13.2 Å². The number of nitrogens with zero attached hydrogens (tertiary/aromatic N) is 2. The molecule has 2 aliphatic heterocycles. The fourth-order valence-electron chi connectivity index (χ4n) is 4.87. The van der Waals surface area contributed by atoms with Gasteiger partial charge in [0.05, 0.1) is 18.4 Å². The van der Waals surface area contributed by atoms with Gasteiger partial charge in [0, 0.05) is 28.7 Å². The molecule has 1 aliphatic carbocycles. The molecule has 0 saturated carbocycles.